The minimum Gasteiger partial charge on any atom is -0.0616 e. The third-order valence-corrected chi connectivity index (χ3v) is 14.7. The molecule has 11 aromatic carbocycles. The molecule has 0 heteroatoms. The minimum atomic E-state index is -0.281. The average Bonchev–Trinajstić information content (AvgIpc) is 3.65. The molecule has 0 N–H and O–H groups in total. The molecule has 0 amide bonds. The Balaban J connectivity index is 1.07. The van der Waals surface area contributed by atoms with Gasteiger partial charge in [-0.2, -0.15) is 0 Å². The molecule has 11 aromatic rings. The second-order valence-corrected chi connectivity index (χ2v) is 20.0. The Morgan fingerprint density at radius 3 is 1.30 bits per heavy atom. The second kappa shape index (κ2) is 13.5. The van der Waals surface area contributed by atoms with Gasteiger partial charge in [0.2, 0.25) is 0 Å². The van der Waals surface area contributed by atoms with Crippen LogP contribution < -0.4 is 0 Å². The van der Waals surface area contributed by atoms with Gasteiger partial charge in [-0.15, -0.1) is 0 Å². The van der Waals surface area contributed by atoms with Gasteiger partial charge in [0.25, 0.3) is 0 Å². The first-order valence-electron chi connectivity index (χ1n) is 22.6. The van der Waals surface area contributed by atoms with Crippen LogP contribution in [0.15, 0.2) is 194 Å². The highest BCUT2D eigenvalue weighted by Gasteiger charge is 2.59. The average molecular weight is 807 g/mol. The fourth-order valence-corrected chi connectivity index (χ4v) is 12.6. The molecule has 302 valence electrons. The van der Waals surface area contributed by atoms with E-state index in [1.807, 2.05) is 0 Å². The summed E-state index contributed by atoms with van der Waals surface area (Å²) in [5, 5.41) is 15.6. The maximum Gasteiger partial charge on any atom is 0.0324 e. The fourth-order valence-electron chi connectivity index (χ4n) is 12.6. The zero-order chi connectivity index (χ0) is 42.8. The number of fused-ring (bicyclic) bond motifs is 13. The molecular formula is C63H50. The van der Waals surface area contributed by atoms with Gasteiger partial charge in [-0.3, -0.25) is 0 Å². The smallest absolute Gasteiger partial charge is 0.0324 e. The van der Waals surface area contributed by atoms with Gasteiger partial charge in [0.1, 0.15) is 0 Å². The number of hydrogen-bond donors (Lipinski definition) is 0. The largest absolute Gasteiger partial charge is 0.0616 e. The van der Waals surface area contributed by atoms with Gasteiger partial charge in [0, 0.05) is 5.41 Å². The van der Waals surface area contributed by atoms with Crippen molar-refractivity contribution in [2.75, 3.05) is 0 Å². The lowest BCUT2D eigenvalue weighted by Crippen LogP contribution is -2.50. The lowest BCUT2D eigenvalue weighted by molar-refractivity contribution is 0.0977. The molecule has 0 heterocycles. The highest BCUT2D eigenvalue weighted by Crippen LogP contribution is 2.68. The quantitative estimate of drug-likeness (QED) is 0.123. The molecule has 63 heavy (non-hydrogen) atoms. The molecule has 0 unspecified atom stereocenters. The van der Waals surface area contributed by atoms with Crippen molar-refractivity contribution in [1.82, 2.24) is 0 Å². The molecule has 1 aliphatic carbocycles. The van der Waals surface area contributed by atoms with Gasteiger partial charge in [0.15, 0.2) is 0 Å². The van der Waals surface area contributed by atoms with Crippen LogP contribution >= 0.6 is 0 Å². The van der Waals surface area contributed by atoms with Crippen LogP contribution in [-0.4, -0.2) is 0 Å². The highest BCUT2D eigenvalue weighted by atomic mass is 14.6. The van der Waals surface area contributed by atoms with Crippen LogP contribution in [0, 0.1) is 10.8 Å². The van der Waals surface area contributed by atoms with E-state index in [4.69, 9.17) is 0 Å². The molecule has 0 bridgehead atoms. The van der Waals surface area contributed by atoms with Crippen molar-refractivity contribution in [2.45, 2.75) is 47.0 Å². The van der Waals surface area contributed by atoms with Crippen LogP contribution in [0.5, 0.6) is 0 Å². The molecular weight excluding hydrogens is 757 g/mol. The van der Waals surface area contributed by atoms with Crippen molar-refractivity contribution < 1.29 is 0 Å². The van der Waals surface area contributed by atoms with E-state index in [0.29, 0.717) is 0 Å². The summed E-state index contributed by atoms with van der Waals surface area (Å²) in [5.41, 5.74) is 12.8. The Kier molecular flexibility index (Phi) is 8.08. The van der Waals surface area contributed by atoms with E-state index in [0.717, 1.165) is 0 Å². The van der Waals surface area contributed by atoms with E-state index in [1.165, 1.54) is 120 Å². The Bertz CT molecular complexity index is 3620. The molecule has 0 atom stereocenters. The van der Waals surface area contributed by atoms with E-state index in [1.54, 1.807) is 0 Å². The number of hydrogen-bond acceptors (Lipinski definition) is 0. The van der Waals surface area contributed by atoms with Crippen LogP contribution in [0.2, 0.25) is 0 Å². The molecule has 0 saturated heterocycles. The van der Waals surface area contributed by atoms with Gasteiger partial charge in [-0.05, 0) is 149 Å². The van der Waals surface area contributed by atoms with Crippen LogP contribution in [0.4, 0.5) is 0 Å². The number of rotatable bonds is 3. The fraction of sp³-hybridized carbons (Fsp3) is 0.143. The minimum absolute atomic E-state index is 0.104. The second-order valence-electron chi connectivity index (χ2n) is 20.0. The molecule has 0 aliphatic heterocycles. The summed E-state index contributed by atoms with van der Waals surface area (Å²) in [5.74, 6) is 0. The van der Waals surface area contributed by atoms with Gasteiger partial charge in [-0.25, -0.2) is 0 Å². The Morgan fingerprint density at radius 1 is 0.270 bits per heavy atom. The van der Waals surface area contributed by atoms with Gasteiger partial charge < -0.3 is 0 Å². The Hall–Kier alpha value is -7.02. The summed E-state index contributed by atoms with van der Waals surface area (Å²) in [4.78, 5) is 0. The third-order valence-electron chi connectivity index (χ3n) is 14.7. The van der Waals surface area contributed by atoms with Crippen molar-refractivity contribution in [1.29, 1.82) is 0 Å². The van der Waals surface area contributed by atoms with Crippen molar-refractivity contribution in [2.24, 2.45) is 10.8 Å². The van der Waals surface area contributed by atoms with Crippen molar-refractivity contribution in [3.05, 3.63) is 205 Å². The lowest BCUT2D eigenvalue weighted by Gasteiger charge is -2.54. The Labute approximate surface area is 370 Å². The van der Waals surface area contributed by atoms with Gasteiger partial charge in [0.05, 0.1) is 0 Å². The van der Waals surface area contributed by atoms with Crippen molar-refractivity contribution in [3.8, 4) is 44.5 Å². The maximum atomic E-state index is 2.47. The van der Waals surface area contributed by atoms with Gasteiger partial charge >= 0.3 is 0 Å². The number of benzene rings is 11. The van der Waals surface area contributed by atoms with Crippen molar-refractivity contribution in [3.63, 3.8) is 0 Å². The van der Waals surface area contributed by atoms with E-state index in [-0.39, 0.29) is 16.2 Å². The first-order chi connectivity index (χ1) is 30.5. The maximum absolute atomic E-state index is 2.47. The molecule has 0 aromatic heterocycles. The first kappa shape index (κ1) is 37.7. The van der Waals surface area contributed by atoms with Gasteiger partial charge in [-0.1, -0.05) is 217 Å². The summed E-state index contributed by atoms with van der Waals surface area (Å²) >= 11 is 0. The van der Waals surface area contributed by atoms with E-state index in [2.05, 4.69) is 236 Å². The van der Waals surface area contributed by atoms with Crippen LogP contribution in [-0.2, 0) is 5.41 Å². The molecule has 0 spiro atoms. The van der Waals surface area contributed by atoms with E-state index < -0.39 is 0 Å². The molecule has 12 rings (SSSR count). The van der Waals surface area contributed by atoms with Crippen LogP contribution in [0.25, 0.3) is 109 Å². The molecule has 0 fully saturated rings. The third kappa shape index (κ3) is 5.28. The van der Waals surface area contributed by atoms with E-state index in [9.17, 15) is 0 Å². The first-order valence-corrected chi connectivity index (χ1v) is 22.6. The highest BCUT2D eigenvalue weighted by molar-refractivity contribution is 6.22. The molecule has 0 saturated carbocycles. The van der Waals surface area contributed by atoms with Crippen molar-refractivity contribution >= 4 is 64.6 Å². The predicted octanol–water partition coefficient (Wildman–Crippen LogP) is 18.0. The summed E-state index contributed by atoms with van der Waals surface area (Å²) < 4.78 is 0. The standard InChI is InChI=1S/C63H50/c1-61(2,3)63(62(4,5)6)59-46-34-32-42(36-43(46)33-35-55(59)58-49-24-11-9-22-47(49)48-23-10-16-29-54(48)60(58)63)41-20-17-21-44(38-41)56-50-25-12-14-27-52(50)57(53-28-15-13-26-51(53)56)45-31-30-39-18-7-8-19-40(39)37-45/h7-38H,1-6H3. The van der Waals surface area contributed by atoms with Crippen LogP contribution in [0.3, 0.4) is 0 Å². The Morgan fingerprint density at radius 2 is 0.698 bits per heavy atom. The molecule has 1 aliphatic rings. The molecule has 0 radical (unpaired) electrons. The summed E-state index contributed by atoms with van der Waals surface area (Å²) in [6.45, 7) is 14.8. The van der Waals surface area contributed by atoms with Crippen LogP contribution in [0.1, 0.15) is 52.7 Å². The van der Waals surface area contributed by atoms with E-state index >= 15 is 0 Å². The normalized spacial score (nSPS) is 13.7. The molecule has 0 nitrogen and oxygen atoms in total. The predicted molar refractivity (Wildman–Crippen MR) is 273 cm³/mol. The summed E-state index contributed by atoms with van der Waals surface area (Å²) in [7, 11) is 0. The monoisotopic (exact) mass is 806 g/mol. The summed E-state index contributed by atoms with van der Waals surface area (Å²) in [6, 6.07) is 73.2. The SMILES string of the molecule is CC(C)(C)C1(C(C)(C)C)c2c(ccc3cc(-c4cccc(-c5c6ccccc6c(-c6ccc7ccccc7c6)c6ccccc56)c4)ccc23)-c2c1c1ccccc1c1ccccc21. The zero-order valence-corrected chi connectivity index (χ0v) is 37.0. The summed E-state index contributed by atoms with van der Waals surface area (Å²) in [6.07, 6.45) is 0. The topological polar surface area (TPSA) is 0 Å². The zero-order valence-electron chi connectivity index (χ0n) is 37.0. The lowest BCUT2D eigenvalue weighted by atomic mass is 9.49.